The molecule has 1 saturated carbocycles. The highest BCUT2D eigenvalue weighted by molar-refractivity contribution is 9.10. The summed E-state index contributed by atoms with van der Waals surface area (Å²) >= 11 is 3.54. The fraction of sp³-hybridized carbons (Fsp3) is 0.538. The molecule has 1 fully saturated rings. The van der Waals surface area contributed by atoms with Gasteiger partial charge in [-0.15, -0.1) is 0 Å². The van der Waals surface area contributed by atoms with E-state index in [1.54, 1.807) is 0 Å². The highest BCUT2D eigenvalue weighted by Gasteiger charge is 2.24. The third-order valence-electron chi connectivity index (χ3n) is 3.65. The maximum atomic E-state index is 3.74. The molecule has 16 heavy (non-hydrogen) atoms. The summed E-state index contributed by atoms with van der Waals surface area (Å²) in [6.07, 6.45) is 5.28. The van der Waals surface area contributed by atoms with E-state index >= 15 is 0 Å². The van der Waals surface area contributed by atoms with E-state index in [1.165, 1.54) is 35.0 Å². The third-order valence-corrected chi connectivity index (χ3v) is 4.14. The summed E-state index contributed by atoms with van der Waals surface area (Å²) in [7, 11) is 0. The molecule has 0 saturated heterocycles. The summed E-state index contributed by atoms with van der Waals surface area (Å²) in [4.78, 5) is 0. The number of halogens is 1. The summed E-state index contributed by atoms with van der Waals surface area (Å²) in [5, 5.41) is 7.25. The molecule has 1 atom stereocenters. The fourth-order valence-corrected chi connectivity index (χ4v) is 2.91. The number of benzene rings is 1. The van der Waals surface area contributed by atoms with Crippen LogP contribution >= 0.6 is 15.9 Å². The van der Waals surface area contributed by atoms with Gasteiger partial charge in [0.2, 0.25) is 0 Å². The molecule has 0 radical (unpaired) electrons. The Bertz CT molecular complexity index is 388. The Kier molecular flexibility index (Phi) is 2.90. The van der Waals surface area contributed by atoms with Crippen molar-refractivity contribution in [2.45, 2.75) is 37.8 Å². The first kappa shape index (κ1) is 10.6. The summed E-state index contributed by atoms with van der Waals surface area (Å²) in [5.41, 5.74) is 2.73. The van der Waals surface area contributed by atoms with Gasteiger partial charge in [0.1, 0.15) is 0 Å². The van der Waals surface area contributed by atoms with Crippen molar-refractivity contribution in [2.75, 3.05) is 11.9 Å². The van der Waals surface area contributed by atoms with Crippen molar-refractivity contribution in [1.29, 1.82) is 0 Å². The molecule has 2 nitrogen and oxygen atoms in total. The molecule has 3 heteroatoms. The third kappa shape index (κ3) is 2.11. The highest BCUT2D eigenvalue weighted by atomic mass is 79.9. The molecule has 0 amide bonds. The molecule has 2 aliphatic rings. The normalized spacial score (nSPS) is 24.4. The highest BCUT2D eigenvalue weighted by Crippen LogP contribution is 2.27. The van der Waals surface area contributed by atoms with Crippen molar-refractivity contribution in [2.24, 2.45) is 0 Å². The fourth-order valence-electron chi connectivity index (χ4n) is 2.50. The molecule has 1 heterocycles. The standard InChI is InChI=1S/C13H17BrN2/c14-10-4-5-13-9(6-10)7-12(8-15-13)16-11-2-1-3-11/h4-6,11-12,15-16H,1-3,7-8H2. The molecule has 86 valence electrons. The van der Waals surface area contributed by atoms with Crippen molar-refractivity contribution >= 4 is 21.6 Å². The zero-order valence-corrected chi connectivity index (χ0v) is 10.9. The van der Waals surface area contributed by atoms with Crippen LogP contribution in [0.1, 0.15) is 24.8 Å². The zero-order chi connectivity index (χ0) is 11.0. The van der Waals surface area contributed by atoms with Gasteiger partial charge >= 0.3 is 0 Å². The average molecular weight is 281 g/mol. The number of anilines is 1. The lowest BCUT2D eigenvalue weighted by atomic mass is 9.90. The molecule has 0 bridgehead atoms. The summed E-state index contributed by atoms with van der Waals surface area (Å²) < 4.78 is 1.18. The topological polar surface area (TPSA) is 24.1 Å². The first-order valence-corrected chi connectivity index (χ1v) is 6.89. The first-order valence-electron chi connectivity index (χ1n) is 6.09. The van der Waals surface area contributed by atoms with Crippen molar-refractivity contribution in [3.63, 3.8) is 0 Å². The van der Waals surface area contributed by atoms with Gasteiger partial charge in [0.05, 0.1) is 0 Å². The molecule has 0 spiro atoms. The van der Waals surface area contributed by atoms with Gasteiger partial charge in [-0.25, -0.2) is 0 Å². The number of fused-ring (bicyclic) bond motifs is 1. The molecule has 1 aliphatic carbocycles. The summed E-state index contributed by atoms with van der Waals surface area (Å²) in [6.45, 7) is 1.06. The molecular formula is C13H17BrN2. The smallest absolute Gasteiger partial charge is 0.0374 e. The number of hydrogen-bond acceptors (Lipinski definition) is 2. The van der Waals surface area contributed by atoms with E-state index in [0.717, 1.165) is 19.0 Å². The number of hydrogen-bond donors (Lipinski definition) is 2. The van der Waals surface area contributed by atoms with E-state index in [1.807, 2.05) is 0 Å². The van der Waals surface area contributed by atoms with Crippen LogP contribution in [-0.4, -0.2) is 18.6 Å². The van der Waals surface area contributed by atoms with Gasteiger partial charge in [0, 0.05) is 28.8 Å². The van der Waals surface area contributed by atoms with Crippen LogP contribution in [0.5, 0.6) is 0 Å². The Hall–Kier alpha value is -0.540. The monoisotopic (exact) mass is 280 g/mol. The van der Waals surface area contributed by atoms with E-state index in [9.17, 15) is 0 Å². The van der Waals surface area contributed by atoms with Gasteiger partial charge < -0.3 is 10.6 Å². The largest absolute Gasteiger partial charge is 0.383 e. The summed E-state index contributed by atoms with van der Waals surface area (Å²) in [5.74, 6) is 0. The van der Waals surface area contributed by atoms with Gasteiger partial charge in [-0.1, -0.05) is 22.4 Å². The van der Waals surface area contributed by atoms with Crippen LogP contribution in [0.4, 0.5) is 5.69 Å². The van der Waals surface area contributed by atoms with Gasteiger partial charge in [-0.3, -0.25) is 0 Å². The lowest BCUT2D eigenvalue weighted by molar-refractivity contribution is 0.304. The van der Waals surface area contributed by atoms with E-state index in [-0.39, 0.29) is 0 Å². The Labute approximate surface area is 105 Å². The van der Waals surface area contributed by atoms with Gasteiger partial charge in [0.15, 0.2) is 0 Å². The van der Waals surface area contributed by atoms with Crippen molar-refractivity contribution in [3.8, 4) is 0 Å². The molecule has 2 N–H and O–H groups in total. The second-order valence-corrected chi connectivity index (χ2v) is 5.79. The van der Waals surface area contributed by atoms with Crippen molar-refractivity contribution < 1.29 is 0 Å². The van der Waals surface area contributed by atoms with Crippen LogP contribution in [0.2, 0.25) is 0 Å². The van der Waals surface area contributed by atoms with Crippen LogP contribution in [0.25, 0.3) is 0 Å². The quantitative estimate of drug-likeness (QED) is 0.871. The maximum Gasteiger partial charge on any atom is 0.0374 e. The SMILES string of the molecule is Brc1ccc2c(c1)CC(NC1CCC1)CN2. The van der Waals surface area contributed by atoms with Crippen molar-refractivity contribution in [3.05, 3.63) is 28.2 Å². The number of rotatable bonds is 2. The van der Waals surface area contributed by atoms with E-state index in [2.05, 4.69) is 44.8 Å². The van der Waals surface area contributed by atoms with Crippen LogP contribution in [-0.2, 0) is 6.42 Å². The average Bonchev–Trinajstić information content (AvgIpc) is 2.23. The van der Waals surface area contributed by atoms with E-state index in [4.69, 9.17) is 0 Å². The number of nitrogens with one attached hydrogen (secondary N) is 2. The minimum atomic E-state index is 0.604. The van der Waals surface area contributed by atoms with E-state index < -0.39 is 0 Å². The molecule has 0 aromatic heterocycles. The molecule has 1 unspecified atom stereocenters. The predicted molar refractivity (Wildman–Crippen MR) is 70.9 cm³/mol. The maximum absolute atomic E-state index is 3.74. The van der Waals surface area contributed by atoms with Crippen LogP contribution in [0.15, 0.2) is 22.7 Å². The van der Waals surface area contributed by atoms with Crippen LogP contribution < -0.4 is 10.6 Å². The molecule has 1 aliphatic heterocycles. The Balaban J connectivity index is 1.69. The Morgan fingerprint density at radius 2 is 2.12 bits per heavy atom. The Morgan fingerprint density at radius 3 is 2.88 bits per heavy atom. The van der Waals surface area contributed by atoms with Gasteiger partial charge in [-0.2, -0.15) is 0 Å². The molecule has 3 rings (SSSR count). The molecular weight excluding hydrogens is 264 g/mol. The van der Waals surface area contributed by atoms with Crippen LogP contribution in [0.3, 0.4) is 0 Å². The first-order chi connectivity index (χ1) is 7.81. The Morgan fingerprint density at radius 1 is 1.25 bits per heavy atom. The lowest BCUT2D eigenvalue weighted by Gasteiger charge is -2.34. The minimum Gasteiger partial charge on any atom is -0.383 e. The molecule has 1 aromatic rings. The lowest BCUT2D eigenvalue weighted by Crippen LogP contribution is -2.48. The minimum absolute atomic E-state index is 0.604. The van der Waals surface area contributed by atoms with Gasteiger partial charge in [-0.05, 0) is 43.0 Å². The second kappa shape index (κ2) is 4.38. The zero-order valence-electron chi connectivity index (χ0n) is 9.30. The van der Waals surface area contributed by atoms with E-state index in [0.29, 0.717) is 6.04 Å². The van der Waals surface area contributed by atoms with Crippen LogP contribution in [0, 0.1) is 0 Å². The second-order valence-electron chi connectivity index (χ2n) is 4.88. The molecule has 1 aromatic carbocycles. The summed E-state index contributed by atoms with van der Waals surface area (Å²) in [6, 6.07) is 7.88. The van der Waals surface area contributed by atoms with Gasteiger partial charge in [0.25, 0.3) is 0 Å². The van der Waals surface area contributed by atoms with Crippen molar-refractivity contribution in [1.82, 2.24) is 5.32 Å². The predicted octanol–water partition coefficient (Wildman–Crippen LogP) is 2.93.